The number of pyridine rings is 1. The summed E-state index contributed by atoms with van der Waals surface area (Å²) in [5.74, 6) is 0. The summed E-state index contributed by atoms with van der Waals surface area (Å²) in [6, 6.07) is 12.3. The average Bonchev–Trinajstić information content (AvgIpc) is 2.74. The zero-order chi connectivity index (χ0) is 13.4. The molecule has 0 saturated carbocycles. The van der Waals surface area contributed by atoms with Gasteiger partial charge < -0.3 is 4.57 Å². The Morgan fingerprint density at radius 3 is 2.68 bits per heavy atom. The molecule has 3 aromatic rings. The smallest absolute Gasteiger partial charge is 0.120 e. The molecule has 0 amide bonds. The Morgan fingerprint density at radius 1 is 1.16 bits per heavy atom. The Bertz CT molecular complexity index is 801. The number of aromatic nitrogens is 2. The molecule has 3 rings (SSSR count). The van der Waals surface area contributed by atoms with Crippen LogP contribution in [0.15, 0.2) is 42.7 Å². The molecule has 0 aliphatic carbocycles. The Kier molecular flexibility index (Phi) is 2.57. The van der Waals surface area contributed by atoms with Gasteiger partial charge in [-0.2, -0.15) is 5.26 Å². The predicted molar refractivity (Wildman–Crippen MR) is 75.6 cm³/mol. The normalized spacial score (nSPS) is 10.6. The summed E-state index contributed by atoms with van der Waals surface area (Å²) in [6.45, 7) is 2.03. The van der Waals surface area contributed by atoms with Crippen molar-refractivity contribution in [2.45, 2.75) is 6.92 Å². The highest BCUT2D eigenvalue weighted by molar-refractivity contribution is 5.96. The Hall–Kier alpha value is -2.60. The standard InChI is InChI=1S/C16H13N3/c1-11-15(7-13(8-17)19(11)2)16-10-18-9-12-5-3-4-6-14(12)16/h3-7,9-10H,1-2H3. The zero-order valence-corrected chi connectivity index (χ0v) is 10.9. The molecule has 0 bridgehead atoms. The van der Waals surface area contributed by atoms with E-state index in [1.165, 1.54) is 0 Å². The second-order valence-electron chi connectivity index (χ2n) is 4.61. The predicted octanol–water partition coefficient (Wildman–Crippen LogP) is 3.42. The van der Waals surface area contributed by atoms with Gasteiger partial charge in [0.15, 0.2) is 0 Å². The van der Waals surface area contributed by atoms with Gasteiger partial charge in [0.05, 0.1) is 0 Å². The van der Waals surface area contributed by atoms with Crippen molar-refractivity contribution in [3.05, 3.63) is 54.1 Å². The summed E-state index contributed by atoms with van der Waals surface area (Å²) in [7, 11) is 1.91. The number of hydrogen-bond acceptors (Lipinski definition) is 2. The Labute approximate surface area is 111 Å². The van der Waals surface area contributed by atoms with Crippen LogP contribution in [0.4, 0.5) is 0 Å². The van der Waals surface area contributed by atoms with Crippen molar-refractivity contribution < 1.29 is 0 Å². The molecule has 0 spiro atoms. The van der Waals surface area contributed by atoms with Gasteiger partial charge in [0.2, 0.25) is 0 Å². The van der Waals surface area contributed by atoms with Gasteiger partial charge in [0, 0.05) is 41.6 Å². The lowest BCUT2D eigenvalue weighted by atomic mass is 10.0. The molecule has 2 aromatic heterocycles. The minimum Gasteiger partial charge on any atom is -0.339 e. The van der Waals surface area contributed by atoms with Crippen LogP contribution in [0.2, 0.25) is 0 Å². The van der Waals surface area contributed by atoms with E-state index in [-0.39, 0.29) is 0 Å². The van der Waals surface area contributed by atoms with Crippen LogP contribution >= 0.6 is 0 Å². The van der Waals surface area contributed by atoms with E-state index in [4.69, 9.17) is 5.26 Å². The fourth-order valence-electron chi connectivity index (χ4n) is 2.41. The van der Waals surface area contributed by atoms with Crippen LogP contribution in [-0.4, -0.2) is 9.55 Å². The molecule has 2 heterocycles. The number of nitriles is 1. The summed E-state index contributed by atoms with van der Waals surface area (Å²) < 4.78 is 1.91. The SMILES string of the molecule is Cc1c(-c2cncc3ccccc23)cc(C#N)n1C. The number of fused-ring (bicyclic) bond motifs is 1. The van der Waals surface area contributed by atoms with Crippen LogP contribution < -0.4 is 0 Å². The molecule has 0 atom stereocenters. The van der Waals surface area contributed by atoms with E-state index in [9.17, 15) is 0 Å². The van der Waals surface area contributed by atoms with Gasteiger partial charge in [-0.25, -0.2) is 0 Å². The fourth-order valence-corrected chi connectivity index (χ4v) is 2.41. The van der Waals surface area contributed by atoms with Crippen molar-refractivity contribution >= 4 is 10.8 Å². The van der Waals surface area contributed by atoms with E-state index in [0.717, 1.165) is 27.6 Å². The first-order chi connectivity index (χ1) is 9.22. The third-order valence-corrected chi connectivity index (χ3v) is 3.61. The zero-order valence-electron chi connectivity index (χ0n) is 10.9. The second-order valence-corrected chi connectivity index (χ2v) is 4.61. The molecule has 0 fully saturated rings. The molecule has 0 unspecified atom stereocenters. The van der Waals surface area contributed by atoms with Crippen LogP contribution in [-0.2, 0) is 7.05 Å². The van der Waals surface area contributed by atoms with E-state index in [1.807, 2.05) is 49.1 Å². The van der Waals surface area contributed by atoms with Gasteiger partial charge in [0.25, 0.3) is 0 Å². The summed E-state index contributed by atoms with van der Waals surface area (Å²) in [5.41, 5.74) is 3.89. The first-order valence-electron chi connectivity index (χ1n) is 6.12. The van der Waals surface area contributed by atoms with Gasteiger partial charge in [-0.15, -0.1) is 0 Å². The average molecular weight is 247 g/mol. The largest absolute Gasteiger partial charge is 0.339 e. The fraction of sp³-hybridized carbons (Fsp3) is 0.125. The monoisotopic (exact) mass is 247 g/mol. The molecule has 0 aliphatic rings. The minimum absolute atomic E-state index is 0.667. The van der Waals surface area contributed by atoms with Gasteiger partial charge in [-0.05, 0) is 18.4 Å². The number of nitrogens with zero attached hydrogens (tertiary/aromatic N) is 3. The molecule has 3 nitrogen and oxygen atoms in total. The quantitative estimate of drug-likeness (QED) is 0.661. The van der Waals surface area contributed by atoms with Gasteiger partial charge in [0.1, 0.15) is 11.8 Å². The van der Waals surface area contributed by atoms with E-state index in [0.29, 0.717) is 5.69 Å². The highest BCUT2D eigenvalue weighted by atomic mass is 15.0. The van der Waals surface area contributed by atoms with Crippen LogP contribution in [0, 0.1) is 18.3 Å². The molecule has 1 aromatic carbocycles. The van der Waals surface area contributed by atoms with Crippen molar-refractivity contribution in [1.29, 1.82) is 5.26 Å². The van der Waals surface area contributed by atoms with Crippen LogP contribution in [0.25, 0.3) is 21.9 Å². The lowest BCUT2D eigenvalue weighted by molar-refractivity contribution is 0.867. The molecule has 0 saturated heterocycles. The molecular formula is C16H13N3. The van der Waals surface area contributed by atoms with Crippen molar-refractivity contribution in [1.82, 2.24) is 9.55 Å². The van der Waals surface area contributed by atoms with E-state index in [2.05, 4.69) is 23.2 Å². The first kappa shape index (κ1) is 11.5. The molecule has 3 heteroatoms. The number of benzene rings is 1. The molecule has 0 N–H and O–H groups in total. The van der Waals surface area contributed by atoms with Crippen molar-refractivity contribution in [2.24, 2.45) is 7.05 Å². The first-order valence-corrected chi connectivity index (χ1v) is 6.12. The Balaban J connectivity index is 2.34. The van der Waals surface area contributed by atoms with Gasteiger partial charge >= 0.3 is 0 Å². The van der Waals surface area contributed by atoms with Gasteiger partial charge in [-0.3, -0.25) is 4.98 Å². The van der Waals surface area contributed by atoms with E-state index in [1.54, 1.807) is 0 Å². The highest BCUT2D eigenvalue weighted by Gasteiger charge is 2.12. The van der Waals surface area contributed by atoms with Crippen molar-refractivity contribution in [3.8, 4) is 17.2 Å². The summed E-state index contributed by atoms with van der Waals surface area (Å²) in [4.78, 5) is 4.30. The molecular weight excluding hydrogens is 234 g/mol. The lowest BCUT2D eigenvalue weighted by Gasteiger charge is -2.06. The molecule has 92 valence electrons. The third kappa shape index (κ3) is 1.69. The molecule has 0 aliphatic heterocycles. The maximum Gasteiger partial charge on any atom is 0.120 e. The Morgan fingerprint density at radius 2 is 1.95 bits per heavy atom. The van der Waals surface area contributed by atoms with E-state index < -0.39 is 0 Å². The van der Waals surface area contributed by atoms with Crippen LogP contribution in [0.1, 0.15) is 11.4 Å². The van der Waals surface area contributed by atoms with Crippen molar-refractivity contribution in [3.63, 3.8) is 0 Å². The molecule has 0 radical (unpaired) electrons. The summed E-state index contributed by atoms with van der Waals surface area (Å²) in [5, 5.41) is 11.4. The maximum atomic E-state index is 9.13. The summed E-state index contributed by atoms with van der Waals surface area (Å²) >= 11 is 0. The molecule has 19 heavy (non-hydrogen) atoms. The van der Waals surface area contributed by atoms with E-state index >= 15 is 0 Å². The topological polar surface area (TPSA) is 41.6 Å². The minimum atomic E-state index is 0.667. The third-order valence-electron chi connectivity index (χ3n) is 3.61. The number of hydrogen-bond donors (Lipinski definition) is 0. The van der Waals surface area contributed by atoms with Crippen molar-refractivity contribution in [2.75, 3.05) is 0 Å². The van der Waals surface area contributed by atoms with Crippen LogP contribution in [0.3, 0.4) is 0 Å². The van der Waals surface area contributed by atoms with Crippen LogP contribution in [0.5, 0.6) is 0 Å². The summed E-state index contributed by atoms with van der Waals surface area (Å²) in [6.07, 6.45) is 3.73. The number of rotatable bonds is 1. The van der Waals surface area contributed by atoms with Gasteiger partial charge in [-0.1, -0.05) is 24.3 Å². The highest BCUT2D eigenvalue weighted by Crippen LogP contribution is 2.31. The second kappa shape index (κ2) is 4.25. The lowest BCUT2D eigenvalue weighted by Crippen LogP contribution is -1.94. The maximum absolute atomic E-state index is 9.13.